The van der Waals surface area contributed by atoms with E-state index in [-0.39, 0.29) is 29.0 Å². The van der Waals surface area contributed by atoms with Gasteiger partial charge in [0.1, 0.15) is 17.3 Å². The summed E-state index contributed by atoms with van der Waals surface area (Å²) in [4.78, 5) is 12.2. The molecule has 4 aliphatic rings. The average Bonchev–Trinajstić information content (AvgIpc) is 3.35. The second-order valence-electron chi connectivity index (χ2n) is 7.21. The van der Waals surface area contributed by atoms with Crippen molar-refractivity contribution in [2.24, 2.45) is 5.92 Å². The molecule has 22 heavy (non-hydrogen) atoms. The summed E-state index contributed by atoms with van der Waals surface area (Å²) in [6.07, 6.45) is 11.6. The van der Waals surface area contributed by atoms with Crippen molar-refractivity contribution in [3.63, 3.8) is 0 Å². The van der Waals surface area contributed by atoms with E-state index >= 15 is 0 Å². The molecular formula is C18H24O4. The van der Waals surface area contributed by atoms with Crippen LogP contribution in [-0.2, 0) is 19.0 Å². The Balaban J connectivity index is 1.52. The second-order valence-corrected chi connectivity index (χ2v) is 7.21. The van der Waals surface area contributed by atoms with E-state index in [9.17, 15) is 4.79 Å². The van der Waals surface area contributed by atoms with Gasteiger partial charge in [0, 0.05) is 7.11 Å². The number of ketones is 1. The smallest absolute Gasteiger partial charge is 0.184 e. The van der Waals surface area contributed by atoms with Gasteiger partial charge in [-0.25, -0.2) is 0 Å². The summed E-state index contributed by atoms with van der Waals surface area (Å²) >= 11 is 0. The van der Waals surface area contributed by atoms with Gasteiger partial charge in [0.15, 0.2) is 5.78 Å². The van der Waals surface area contributed by atoms with Crippen LogP contribution in [0.3, 0.4) is 0 Å². The minimum Gasteiger partial charge on any atom is -0.373 e. The van der Waals surface area contributed by atoms with Gasteiger partial charge in [-0.1, -0.05) is 11.6 Å². The zero-order chi connectivity index (χ0) is 15.4. The summed E-state index contributed by atoms with van der Waals surface area (Å²) in [5.41, 5.74) is 0.893. The summed E-state index contributed by atoms with van der Waals surface area (Å²) < 4.78 is 17.3. The number of carbonyl (C=O) groups excluding carboxylic acids is 1. The van der Waals surface area contributed by atoms with Crippen molar-refractivity contribution in [1.29, 1.82) is 0 Å². The highest BCUT2D eigenvalue weighted by Crippen LogP contribution is 2.57. The number of hydrogen-bond donors (Lipinski definition) is 0. The van der Waals surface area contributed by atoms with Gasteiger partial charge in [0.05, 0.1) is 18.6 Å². The Hall–Kier alpha value is -0.970. The largest absolute Gasteiger partial charge is 0.373 e. The first-order valence-electron chi connectivity index (χ1n) is 8.35. The maximum atomic E-state index is 12.2. The van der Waals surface area contributed by atoms with E-state index < -0.39 is 6.10 Å². The highest BCUT2D eigenvalue weighted by Gasteiger charge is 2.70. The van der Waals surface area contributed by atoms with Crippen LogP contribution in [0.5, 0.6) is 0 Å². The molecule has 1 spiro atoms. The zero-order valence-corrected chi connectivity index (χ0v) is 13.3. The van der Waals surface area contributed by atoms with Crippen LogP contribution in [0, 0.1) is 5.92 Å². The molecular weight excluding hydrogens is 280 g/mol. The van der Waals surface area contributed by atoms with E-state index in [2.05, 4.69) is 13.0 Å². The molecule has 0 radical (unpaired) electrons. The van der Waals surface area contributed by atoms with Crippen LogP contribution in [0.25, 0.3) is 0 Å². The van der Waals surface area contributed by atoms with Gasteiger partial charge < -0.3 is 14.2 Å². The van der Waals surface area contributed by atoms with Gasteiger partial charge in [0.2, 0.25) is 0 Å². The fourth-order valence-electron chi connectivity index (χ4n) is 4.37. The topological polar surface area (TPSA) is 51.4 Å². The molecule has 0 N–H and O–H groups in total. The molecule has 5 atom stereocenters. The summed E-state index contributed by atoms with van der Waals surface area (Å²) in [6.45, 7) is 2.77. The first kappa shape index (κ1) is 14.6. The monoisotopic (exact) mass is 304 g/mol. The Labute approximate surface area is 131 Å². The number of rotatable bonds is 4. The highest BCUT2D eigenvalue weighted by molar-refractivity contribution is 5.95. The van der Waals surface area contributed by atoms with Crippen molar-refractivity contribution in [3.8, 4) is 0 Å². The first-order valence-corrected chi connectivity index (χ1v) is 8.35. The van der Waals surface area contributed by atoms with E-state index in [1.807, 2.05) is 6.08 Å². The number of allylic oxidation sites excluding steroid dienone is 1. The molecule has 2 aliphatic heterocycles. The van der Waals surface area contributed by atoms with Crippen LogP contribution in [0.4, 0.5) is 0 Å². The standard InChI is InChI=1S/C18H24O4/c1-17(14(22-17)8-7-12-5-3-4-6-12)16-15(20-2)13(19)9-10-18(16)11-21-18/h7,9-10,14-16H,3-6,8,11H2,1-2H3/t14-,15-,16-,17?,18+/m1/s1. The Morgan fingerprint density at radius 1 is 1.41 bits per heavy atom. The number of methoxy groups -OCH3 is 1. The van der Waals surface area contributed by atoms with E-state index in [1.54, 1.807) is 18.8 Å². The lowest BCUT2D eigenvalue weighted by molar-refractivity contribution is -0.132. The summed E-state index contributed by atoms with van der Waals surface area (Å²) in [5.74, 6) is -0.0206. The SMILES string of the molecule is CO[C@@H]1C(=O)C=C[C@]2(CO2)[C@H]1C1(C)O[C@@H]1CC=C1CCCC1. The fourth-order valence-corrected chi connectivity index (χ4v) is 4.37. The van der Waals surface area contributed by atoms with Crippen molar-refractivity contribution >= 4 is 5.78 Å². The third-order valence-corrected chi connectivity index (χ3v) is 5.83. The Morgan fingerprint density at radius 2 is 2.14 bits per heavy atom. The van der Waals surface area contributed by atoms with Crippen molar-refractivity contribution in [1.82, 2.24) is 0 Å². The fraction of sp³-hybridized carbons (Fsp3) is 0.722. The molecule has 2 saturated heterocycles. The van der Waals surface area contributed by atoms with Crippen molar-refractivity contribution in [2.45, 2.75) is 62.4 Å². The number of hydrogen-bond acceptors (Lipinski definition) is 4. The molecule has 4 heteroatoms. The van der Waals surface area contributed by atoms with Crippen LogP contribution in [0.15, 0.2) is 23.8 Å². The molecule has 1 saturated carbocycles. The first-order chi connectivity index (χ1) is 10.6. The highest BCUT2D eigenvalue weighted by atomic mass is 16.6. The summed E-state index contributed by atoms with van der Waals surface area (Å²) in [6, 6.07) is 0. The Bertz CT molecular complexity index is 537. The van der Waals surface area contributed by atoms with E-state index in [1.165, 1.54) is 25.7 Å². The number of epoxide rings is 2. The summed E-state index contributed by atoms with van der Waals surface area (Å²) in [5, 5.41) is 0. The number of ether oxygens (including phenoxy) is 3. The molecule has 0 aromatic heterocycles. The van der Waals surface area contributed by atoms with Crippen molar-refractivity contribution in [2.75, 3.05) is 13.7 Å². The van der Waals surface area contributed by atoms with Crippen molar-refractivity contribution < 1.29 is 19.0 Å². The molecule has 0 amide bonds. The molecule has 1 unspecified atom stereocenters. The average molecular weight is 304 g/mol. The van der Waals surface area contributed by atoms with Gasteiger partial charge in [-0.2, -0.15) is 0 Å². The van der Waals surface area contributed by atoms with Gasteiger partial charge in [0.25, 0.3) is 0 Å². The molecule has 2 heterocycles. The van der Waals surface area contributed by atoms with Crippen LogP contribution in [0.1, 0.15) is 39.0 Å². The molecule has 2 aliphatic carbocycles. The third-order valence-electron chi connectivity index (χ3n) is 5.83. The van der Waals surface area contributed by atoms with E-state index in [0.29, 0.717) is 6.61 Å². The maximum Gasteiger partial charge on any atom is 0.184 e. The molecule has 0 aromatic carbocycles. The lowest BCUT2D eigenvalue weighted by atomic mass is 9.72. The second kappa shape index (κ2) is 5.02. The van der Waals surface area contributed by atoms with Gasteiger partial charge in [-0.05, 0) is 51.2 Å². The minimum absolute atomic E-state index is 0.0262. The lowest BCUT2D eigenvalue weighted by Gasteiger charge is -2.34. The van der Waals surface area contributed by atoms with Gasteiger partial charge >= 0.3 is 0 Å². The molecule has 120 valence electrons. The van der Waals surface area contributed by atoms with E-state index in [4.69, 9.17) is 14.2 Å². The summed E-state index contributed by atoms with van der Waals surface area (Å²) in [7, 11) is 1.60. The van der Waals surface area contributed by atoms with E-state index in [0.717, 1.165) is 6.42 Å². The zero-order valence-electron chi connectivity index (χ0n) is 13.3. The predicted octanol–water partition coefficient (Wildman–Crippen LogP) is 2.57. The molecule has 4 rings (SSSR count). The van der Waals surface area contributed by atoms with Crippen LogP contribution >= 0.6 is 0 Å². The van der Waals surface area contributed by atoms with Crippen LogP contribution < -0.4 is 0 Å². The minimum atomic E-state index is -0.457. The third kappa shape index (κ3) is 2.20. The molecule has 0 bridgehead atoms. The number of carbonyl (C=O) groups is 1. The lowest BCUT2D eigenvalue weighted by Crippen LogP contribution is -2.50. The van der Waals surface area contributed by atoms with Gasteiger partial charge in [-0.15, -0.1) is 0 Å². The Kier molecular flexibility index (Phi) is 3.33. The molecule has 4 nitrogen and oxygen atoms in total. The van der Waals surface area contributed by atoms with Crippen LogP contribution in [0.2, 0.25) is 0 Å². The maximum absolute atomic E-state index is 12.2. The Morgan fingerprint density at radius 3 is 2.77 bits per heavy atom. The quantitative estimate of drug-likeness (QED) is 0.592. The predicted molar refractivity (Wildman–Crippen MR) is 81.6 cm³/mol. The normalized spacial score (nSPS) is 46.4. The van der Waals surface area contributed by atoms with Gasteiger partial charge in [-0.3, -0.25) is 4.79 Å². The molecule has 3 fully saturated rings. The van der Waals surface area contributed by atoms with Crippen molar-refractivity contribution in [3.05, 3.63) is 23.8 Å². The van der Waals surface area contributed by atoms with Crippen LogP contribution in [-0.4, -0.2) is 42.9 Å². The molecule has 0 aromatic rings.